The lowest BCUT2D eigenvalue weighted by Crippen LogP contribution is -2.39. The predicted molar refractivity (Wildman–Crippen MR) is 189 cm³/mol. The molecule has 7 rings (SSSR count). The largest absolute Gasteiger partial charge is 0.392 e. The summed E-state index contributed by atoms with van der Waals surface area (Å²) >= 11 is 0. The first-order valence-electron chi connectivity index (χ1n) is 16.5. The summed E-state index contributed by atoms with van der Waals surface area (Å²) in [6.45, 7) is 2.22. The van der Waals surface area contributed by atoms with Crippen molar-refractivity contribution in [2.24, 2.45) is 0 Å². The number of rotatable bonds is 11. The lowest BCUT2D eigenvalue weighted by molar-refractivity contribution is -0.253. The van der Waals surface area contributed by atoms with E-state index in [9.17, 15) is 9.90 Å². The normalized spacial score (nSPS) is 17.6. The molecule has 8 nitrogen and oxygen atoms in total. The molecule has 1 aromatic heterocycles. The maximum atomic E-state index is 13.2. The SMILES string of the molecule is O=C(Nc1cccc([C@@H]2O[C@H](CN(Cc3ccccc3)Cc3ccccc3)C[C@H](c3ccc(CO)cc3)O2)c1)c1cnc2ccccc2n1. The summed E-state index contributed by atoms with van der Waals surface area (Å²) in [4.78, 5) is 24.5. The van der Waals surface area contributed by atoms with Gasteiger partial charge in [-0.1, -0.05) is 109 Å². The third-order valence-corrected chi connectivity index (χ3v) is 8.67. The number of carbonyl (C=O) groups is 1. The van der Waals surface area contributed by atoms with Crippen molar-refractivity contribution in [3.05, 3.63) is 173 Å². The number of nitrogens with one attached hydrogen (secondary N) is 1. The van der Waals surface area contributed by atoms with Gasteiger partial charge in [0.25, 0.3) is 5.91 Å². The Hall–Kier alpha value is -5.25. The van der Waals surface area contributed by atoms with Crippen molar-refractivity contribution in [2.75, 3.05) is 11.9 Å². The van der Waals surface area contributed by atoms with Gasteiger partial charge in [-0.15, -0.1) is 0 Å². The summed E-state index contributed by atoms with van der Waals surface area (Å²) in [5.41, 5.74) is 7.35. The maximum Gasteiger partial charge on any atom is 0.275 e. The van der Waals surface area contributed by atoms with E-state index in [-0.39, 0.29) is 30.4 Å². The van der Waals surface area contributed by atoms with Crippen LogP contribution in [0.4, 0.5) is 5.69 Å². The number of nitrogens with zero attached hydrogens (tertiary/aromatic N) is 3. The third kappa shape index (κ3) is 8.25. The fraction of sp³-hybridized carbons (Fsp3) is 0.195. The first-order chi connectivity index (χ1) is 24.1. The number of hydrogen-bond acceptors (Lipinski definition) is 7. The van der Waals surface area contributed by atoms with Gasteiger partial charge in [-0.05, 0) is 46.5 Å². The van der Waals surface area contributed by atoms with Crippen LogP contribution in [0.3, 0.4) is 0 Å². The van der Waals surface area contributed by atoms with E-state index in [0.717, 1.165) is 35.3 Å². The van der Waals surface area contributed by atoms with Crippen LogP contribution in [0.25, 0.3) is 11.0 Å². The van der Waals surface area contributed by atoms with Crippen LogP contribution in [0.1, 0.15) is 57.1 Å². The summed E-state index contributed by atoms with van der Waals surface area (Å²) in [6.07, 6.45) is 1.08. The van der Waals surface area contributed by atoms with Crippen molar-refractivity contribution in [3.8, 4) is 0 Å². The lowest BCUT2D eigenvalue weighted by atomic mass is 9.99. The fourth-order valence-electron chi connectivity index (χ4n) is 6.21. The standard InChI is InChI=1S/C41H38N4O4/c46-28-31-18-20-32(21-19-31)39-23-35(27-45(25-29-10-3-1-4-11-29)26-30-12-5-2-6-13-30)48-41(49-39)33-14-9-15-34(22-33)43-40(47)38-24-42-36-16-7-8-17-37(36)44-38/h1-22,24,35,39,41,46H,23,25-28H2,(H,43,47)/t35-,39+,41+/m0/s1. The van der Waals surface area contributed by atoms with Crippen molar-refractivity contribution in [2.45, 2.75) is 44.6 Å². The minimum absolute atomic E-state index is 0.0165. The van der Waals surface area contributed by atoms with Crippen LogP contribution in [0.2, 0.25) is 0 Å². The highest BCUT2D eigenvalue weighted by Crippen LogP contribution is 2.39. The molecular formula is C41H38N4O4. The number of aliphatic hydroxyl groups is 1. The predicted octanol–water partition coefficient (Wildman–Crippen LogP) is 7.62. The summed E-state index contributed by atoms with van der Waals surface area (Å²) in [7, 11) is 0. The lowest BCUT2D eigenvalue weighted by Gasteiger charge is -2.38. The molecule has 0 unspecified atom stereocenters. The molecule has 2 heterocycles. The van der Waals surface area contributed by atoms with E-state index in [0.29, 0.717) is 24.2 Å². The second-order valence-electron chi connectivity index (χ2n) is 12.3. The molecule has 1 fully saturated rings. The van der Waals surface area contributed by atoms with Crippen LogP contribution in [-0.2, 0) is 29.2 Å². The van der Waals surface area contributed by atoms with Gasteiger partial charge in [0, 0.05) is 37.3 Å². The van der Waals surface area contributed by atoms with E-state index in [1.54, 1.807) is 0 Å². The summed E-state index contributed by atoms with van der Waals surface area (Å²) in [6, 6.07) is 43.9. The molecule has 3 atom stereocenters. The Bertz CT molecular complexity index is 1950. The number of aliphatic hydroxyl groups excluding tert-OH is 1. The molecule has 2 N–H and O–H groups in total. The second-order valence-corrected chi connectivity index (χ2v) is 12.3. The zero-order chi connectivity index (χ0) is 33.4. The Morgan fingerprint density at radius 1 is 0.735 bits per heavy atom. The fourth-order valence-corrected chi connectivity index (χ4v) is 6.21. The Balaban J connectivity index is 1.14. The van der Waals surface area contributed by atoms with E-state index in [4.69, 9.17) is 9.47 Å². The van der Waals surface area contributed by atoms with Crippen molar-refractivity contribution >= 4 is 22.6 Å². The summed E-state index contributed by atoms with van der Waals surface area (Å²) in [5, 5.41) is 12.6. The van der Waals surface area contributed by atoms with E-state index in [1.807, 2.05) is 84.9 Å². The molecule has 1 amide bonds. The van der Waals surface area contributed by atoms with Crippen LogP contribution in [0.15, 0.2) is 140 Å². The number of amides is 1. The van der Waals surface area contributed by atoms with E-state index in [1.165, 1.54) is 17.3 Å². The van der Waals surface area contributed by atoms with Crippen LogP contribution >= 0.6 is 0 Å². The van der Waals surface area contributed by atoms with Crippen LogP contribution in [-0.4, -0.2) is 38.5 Å². The van der Waals surface area contributed by atoms with Gasteiger partial charge in [0.15, 0.2) is 6.29 Å². The molecule has 0 saturated carbocycles. The minimum Gasteiger partial charge on any atom is -0.392 e. The third-order valence-electron chi connectivity index (χ3n) is 8.67. The maximum absolute atomic E-state index is 13.2. The molecule has 1 aliphatic rings. The Labute approximate surface area is 286 Å². The Morgan fingerprint density at radius 2 is 1.41 bits per heavy atom. The summed E-state index contributed by atoms with van der Waals surface area (Å²) < 4.78 is 13.4. The molecule has 1 aliphatic heterocycles. The zero-order valence-electron chi connectivity index (χ0n) is 27.1. The van der Waals surface area contributed by atoms with Gasteiger partial charge < -0.3 is 19.9 Å². The van der Waals surface area contributed by atoms with Crippen LogP contribution < -0.4 is 5.32 Å². The van der Waals surface area contributed by atoms with Gasteiger partial charge in [-0.3, -0.25) is 14.7 Å². The number of hydrogen-bond donors (Lipinski definition) is 2. The molecule has 49 heavy (non-hydrogen) atoms. The minimum atomic E-state index is -0.672. The molecule has 0 aliphatic carbocycles. The molecule has 246 valence electrons. The van der Waals surface area contributed by atoms with Gasteiger partial charge in [0.1, 0.15) is 5.69 Å². The van der Waals surface area contributed by atoms with Crippen molar-refractivity contribution in [3.63, 3.8) is 0 Å². The number of aromatic nitrogens is 2. The molecule has 0 spiro atoms. The Morgan fingerprint density at radius 3 is 2.10 bits per heavy atom. The first kappa shape index (κ1) is 32.3. The average molecular weight is 651 g/mol. The Kier molecular flexibility index (Phi) is 10.1. The molecule has 1 saturated heterocycles. The number of benzene rings is 5. The number of fused-ring (bicyclic) bond motifs is 1. The summed E-state index contributed by atoms with van der Waals surface area (Å²) in [5.74, 6) is -0.349. The van der Waals surface area contributed by atoms with E-state index >= 15 is 0 Å². The smallest absolute Gasteiger partial charge is 0.275 e. The van der Waals surface area contributed by atoms with Gasteiger partial charge in [0.2, 0.25) is 0 Å². The highest BCUT2D eigenvalue weighted by Gasteiger charge is 2.33. The number of para-hydroxylation sites is 2. The first-order valence-corrected chi connectivity index (χ1v) is 16.5. The zero-order valence-corrected chi connectivity index (χ0v) is 27.1. The van der Waals surface area contributed by atoms with Crippen LogP contribution in [0.5, 0.6) is 0 Å². The van der Waals surface area contributed by atoms with Crippen molar-refractivity contribution < 1.29 is 19.4 Å². The van der Waals surface area contributed by atoms with Gasteiger partial charge >= 0.3 is 0 Å². The van der Waals surface area contributed by atoms with Crippen molar-refractivity contribution in [1.29, 1.82) is 0 Å². The number of anilines is 1. The molecule has 5 aromatic carbocycles. The molecular weight excluding hydrogens is 612 g/mol. The molecule has 6 aromatic rings. The average Bonchev–Trinajstić information content (AvgIpc) is 3.15. The van der Waals surface area contributed by atoms with Gasteiger partial charge in [0.05, 0.1) is 36.0 Å². The van der Waals surface area contributed by atoms with Crippen molar-refractivity contribution in [1.82, 2.24) is 14.9 Å². The molecule has 8 heteroatoms. The van der Waals surface area contributed by atoms with E-state index in [2.05, 4.69) is 68.7 Å². The van der Waals surface area contributed by atoms with Crippen LogP contribution in [0, 0.1) is 0 Å². The highest BCUT2D eigenvalue weighted by molar-refractivity contribution is 6.03. The highest BCUT2D eigenvalue weighted by atomic mass is 16.7. The van der Waals surface area contributed by atoms with Gasteiger partial charge in [-0.25, -0.2) is 4.98 Å². The van der Waals surface area contributed by atoms with Gasteiger partial charge in [-0.2, -0.15) is 0 Å². The quantitative estimate of drug-likeness (QED) is 0.149. The van der Waals surface area contributed by atoms with E-state index < -0.39 is 6.29 Å². The molecule has 0 radical (unpaired) electrons. The monoisotopic (exact) mass is 650 g/mol. The number of ether oxygens (including phenoxy) is 2. The number of carbonyl (C=O) groups excluding carboxylic acids is 1. The topological polar surface area (TPSA) is 96.8 Å². The second kappa shape index (κ2) is 15.3. The molecule has 0 bridgehead atoms.